The van der Waals surface area contributed by atoms with Crippen molar-refractivity contribution in [2.24, 2.45) is 0 Å². The van der Waals surface area contributed by atoms with Gasteiger partial charge in [0.2, 0.25) is 0 Å². The fourth-order valence-electron chi connectivity index (χ4n) is 3.30. The van der Waals surface area contributed by atoms with Gasteiger partial charge in [0.25, 0.3) is 0 Å². The SMILES string of the molecule is COC(=O)C1=C(C)N(c2ccc(F)cc2)C(=S)N[C@@H]1c1ccccc1C(=O)OC. The topological polar surface area (TPSA) is 67.9 Å². The molecule has 3 rings (SSSR count). The highest BCUT2D eigenvalue weighted by molar-refractivity contribution is 7.80. The molecule has 2 aromatic carbocycles. The lowest BCUT2D eigenvalue weighted by atomic mass is 9.91. The molecular formula is C21H19FN2O4S. The minimum absolute atomic E-state index is 0.279. The summed E-state index contributed by atoms with van der Waals surface area (Å²) in [5.74, 6) is -1.49. The maximum atomic E-state index is 13.3. The number of rotatable bonds is 4. The predicted molar refractivity (Wildman–Crippen MR) is 110 cm³/mol. The monoisotopic (exact) mass is 414 g/mol. The first-order valence-corrected chi connectivity index (χ1v) is 9.12. The van der Waals surface area contributed by atoms with Crippen molar-refractivity contribution in [3.8, 4) is 0 Å². The van der Waals surface area contributed by atoms with E-state index in [1.807, 2.05) is 0 Å². The number of benzene rings is 2. The van der Waals surface area contributed by atoms with Gasteiger partial charge in [0, 0.05) is 11.4 Å². The summed E-state index contributed by atoms with van der Waals surface area (Å²) >= 11 is 5.53. The van der Waals surface area contributed by atoms with Crippen LogP contribution in [-0.2, 0) is 14.3 Å². The van der Waals surface area contributed by atoms with E-state index in [1.165, 1.54) is 26.4 Å². The minimum atomic E-state index is -0.720. The number of carbonyl (C=O) groups excluding carboxylic acids is 2. The summed E-state index contributed by atoms with van der Waals surface area (Å²) in [6.07, 6.45) is 0. The Morgan fingerprint density at radius 1 is 1.03 bits per heavy atom. The molecule has 0 radical (unpaired) electrons. The first-order chi connectivity index (χ1) is 13.9. The molecule has 1 aliphatic rings. The minimum Gasteiger partial charge on any atom is -0.466 e. The second-order valence-corrected chi connectivity index (χ2v) is 6.65. The summed E-state index contributed by atoms with van der Waals surface area (Å²) in [6.45, 7) is 1.72. The van der Waals surface area contributed by atoms with E-state index < -0.39 is 18.0 Å². The van der Waals surface area contributed by atoms with Crippen LogP contribution in [0.4, 0.5) is 10.1 Å². The van der Waals surface area contributed by atoms with E-state index in [0.29, 0.717) is 27.6 Å². The Bertz CT molecular complexity index is 1000. The highest BCUT2D eigenvalue weighted by Crippen LogP contribution is 2.35. The van der Waals surface area contributed by atoms with Crippen molar-refractivity contribution in [1.82, 2.24) is 5.32 Å². The molecule has 1 N–H and O–H groups in total. The summed E-state index contributed by atoms with van der Waals surface area (Å²) in [6, 6.07) is 11.8. The number of carbonyl (C=O) groups is 2. The van der Waals surface area contributed by atoms with Gasteiger partial charge in [-0.15, -0.1) is 0 Å². The molecule has 0 amide bonds. The van der Waals surface area contributed by atoms with Crippen molar-refractivity contribution >= 4 is 35.0 Å². The molecule has 29 heavy (non-hydrogen) atoms. The molecule has 0 bridgehead atoms. The number of ether oxygens (including phenoxy) is 2. The highest BCUT2D eigenvalue weighted by Gasteiger charge is 2.36. The molecule has 2 aromatic rings. The second-order valence-electron chi connectivity index (χ2n) is 6.26. The molecule has 0 unspecified atom stereocenters. The van der Waals surface area contributed by atoms with Crippen LogP contribution in [0, 0.1) is 5.82 Å². The Morgan fingerprint density at radius 2 is 1.66 bits per heavy atom. The molecule has 0 saturated carbocycles. The number of nitrogens with one attached hydrogen (secondary N) is 1. The third-order valence-electron chi connectivity index (χ3n) is 4.65. The maximum Gasteiger partial charge on any atom is 0.338 e. The molecule has 1 atom stereocenters. The number of anilines is 1. The quantitative estimate of drug-likeness (QED) is 0.607. The zero-order valence-corrected chi connectivity index (χ0v) is 16.9. The van der Waals surface area contributed by atoms with E-state index in [9.17, 15) is 14.0 Å². The Kier molecular flexibility index (Phi) is 5.93. The average molecular weight is 414 g/mol. The third-order valence-corrected chi connectivity index (χ3v) is 4.95. The fraction of sp³-hybridized carbons (Fsp3) is 0.190. The van der Waals surface area contributed by atoms with E-state index in [2.05, 4.69) is 5.32 Å². The number of esters is 2. The van der Waals surface area contributed by atoms with Crippen molar-refractivity contribution < 1.29 is 23.5 Å². The zero-order valence-electron chi connectivity index (χ0n) is 16.1. The molecule has 0 aromatic heterocycles. The number of nitrogens with zero attached hydrogens (tertiary/aromatic N) is 1. The third kappa shape index (κ3) is 3.84. The van der Waals surface area contributed by atoms with Crippen molar-refractivity contribution in [3.63, 3.8) is 0 Å². The first kappa shape index (κ1) is 20.5. The molecule has 0 saturated heterocycles. The molecular weight excluding hydrogens is 395 g/mol. The summed E-state index contributed by atoms with van der Waals surface area (Å²) in [5, 5.41) is 3.41. The van der Waals surface area contributed by atoms with E-state index in [4.69, 9.17) is 21.7 Å². The van der Waals surface area contributed by atoms with Crippen LogP contribution in [0.3, 0.4) is 0 Å². The maximum absolute atomic E-state index is 13.3. The van der Waals surface area contributed by atoms with Gasteiger partial charge < -0.3 is 14.8 Å². The van der Waals surface area contributed by atoms with Gasteiger partial charge >= 0.3 is 11.9 Å². The van der Waals surface area contributed by atoms with Gasteiger partial charge in [0.15, 0.2) is 5.11 Å². The summed E-state index contributed by atoms with van der Waals surface area (Å²) in [4.78, 5) is 26.5. The van der Waals surface area contributed by atoms with Gasteiger partial charge in [0.05, 0.1) is 31.4 Å². The fourth-order valence-corrected chi connectivity index (χ4v) is 3.66. The van der Waals surface area contributed by atoms with Gasteiger partial charge in [-0.05, 0) is 55.0 Å². The Morgan fingerprint density at radius 3 is 2.28 bits per heavy atom. The number of hydrogen-bond acceptors (Lipinski definition) is 5. The molecule has 6 nitrogen and oxygen atoms in total. The van der Waals surface area contributed by atoms with E-state index in [0.717, 1.165) is 0 Å². The number of halogens is 1. The van der Waals surface area contributed by atoms with Gasteiger partial charge in [-0.2, -0.15) is 0 Å². The summed E-state index contributed by atoms with van der Waals surface area (Å²) in [5.41, 5.74) is 2.21. The van der Waals surface area contributed by atoms with Crippen LogP contribution in [0.25, 0.3) is 0 Å². The lowest BCUT2D eigenvalue weighted by molar-refractivity contribution is -0.136. The Balaban J connectivity index is 2.18. The van der Waals surface area contributed by atoms with Crippen LogP contribution in [0.5, 0.6) is 0 Å². The number of thiocarbonyl (C=S) groups is 1. The largest absolute Gasteiger partial charge is 0.466 e. The van der Waals surface area contributed by atoms with E-state index in [-0.39, 0.29) is 11.4 Å². The molecule has 0 spiro atoms. The Labute approximate surface area is 172 Å². The van der Waals surface area contributed by atoms with Crippen molar-refractivity contribution in [2.45, 2.75) is 13.0 Å². The normalized spacial score (nSPS) is 16.3. The number of methoxy groups -OCH3 is 2. The highest BCUT2D eigenvalue weighted by atomic mass is 32.1. The first-order valence-electron chi connectivity index (χ1n) is 8.71. The van der Waals surface area contributed by atoms with Crippen LogP contribution in [-0.4, -0.2) is 31.3 Å². The van der Waals surface area contributed by atoms with Gasteiger partial charge in [-0.25, -0.2) is 14.0 Å². The van der Waals surface area contributed by atoms with Crippen molar-refractivity contribution in [2.75, 3.05) is 19.1 Å². The smallest absolute Gasteiger partial charge is 0.338 e. The van der Waals surface area contributed by atoms with Crippen LogP contribution < -0.4 is 10.2 Å². The molecule has 1 aliphatic heterocycles. The lowest BCUT2D eigenvalue weighted by Gasteiger charge is -2.37. The predicted octanol–water partition coefficient (Wildman–Crippen LogP) is 3.50. The van der Waals surface area contributed by atoms with Gasteiger partial charge in [0.1, 0.15) is 5.82 Å². The lowest BCUT2D eigenvalue weighted by Crippen LogP contribution is -2.48. The number of hydrogen-bond donors (Lipinski definition) is 1. The van der Waals surface area contributed by atoms with Crippen LogP contribution >= 0.6 is 12.2 Å². The van der Waals surface area contributed by atoms with E-state index >= 15 is 0 Å². The molecule has 0 aliphatic carbocycles. The van der Waals surface area contributed by atoms with Crippen molar-refractivity contribution in [1.29, 1.82) is 0 Å². The molecule has 8 heteroatoms. The summed E-state index contributed by atoms with van der Waals surface area (Å²) in [7, 11) is 2.57. The average Bonchev–Trinajstić information content (AvgIpc) is 2.73. The van der Waals surface area contributed by atoms with Gasteiger partial charge in [-0.3, -0.25) is 4.90 Å². The number of allylic oxidation sites excluding steroid dienone is 1. The summed E-state index contributed by atoms with van der Waals surface area (Å²) < 4.78 is 23.2. The standard InChI is InChI=1S/C21H19FN2O4S/c1-12-17(20(26)28-3)18(15-6-4-5-7-16(15)19(25)27-2)23-21(29)24(12)14-10-8-13(22)9-11-14/h4-11,18H,1-3H3,(H,23,29)/t18-/m1/s1. The van der Waals surface area contributed by atoms with Gasteiger partial charge in [-0.1, -0.05) is 18.2 Å². The second kappa shape index (κ2) is 8.40. The van der Waals surface area contributed by atoms with Crippen LogP contribution in [0.2, 0.25) is 0 Å². The Hall–Kier alpha value is -3.26. The van der Waals surface area contributed by atoms with E-state index in [1.54, 1.807) is 48.2 Å². The zero-order chi connectivity index (χ0) is 21.1. The van der Waals surface area contributed by atoms with Crippen molar-refractivity contribution in [3.05, 3.63) is 76.7 Å². The van der Waals surface area contributed by atoms with Crippen LogP contribution in [0.1, 0.15) is 28.9 Å². The molecule has 0 fully saturated rings. The molecule has 1 heterocycles. The molecule has 150 valence electrons. The van der Waals surface area contributed by atoms with Crippen LogP contribution in [0.15, 0.2) is 59.8 Å².